The lowest BCUT2D eigenvalue weighted by molar-refractivity contribution is 0.814. The molecular formula is C16H16S2. The van der Waals surface area contributed by atoms with Crippen LogP contribution in [0, 0.1) is 0 Å². The Labute approximate surface area is 116 Å². The van der Waals surface area contributed by atoms with Crippen LogP contribution in [-0.4, -0.2) is 0 Å². The first-order valence-corrected chi connectivity index (χ1v) is 8.55. The number of hydrogen-bond donors (Lipinski definition) is 0. The van der Waals surface area contributed by atoms with Crippen LogP contribution in [-0.2, 0) is 12.8 Å². The van der Waals surface area contributed by atoms with Crippen LogP contribution < -0.4 is 0 Å². The van der Waals surface area contributed by atoms with E-state index in [0.29, 0.717) is 0 Å². The minimum absolute atomic E-state index is 1.29. The molecule has 0 atom stereocenters. The first-order chi connectivity index (χ1) is 8.93. The lowest BCUT2D eigenvalue weighted by atomic mass is 9.82. The van der Waals surface area contributed by atoms with Gasteiger partial charge in [-0.2, -0.15) is 0 Å². The Balaban J connectivity index is 1.92. The molecule has 2 aliphatic carbocycles. The lowest BCUT2D eigenvalue weighted by Crippen LogP contribution is -2.04. The van der Waals surface area contributed by atoms with Crippen LogP contribution >= 0.6 is 22.7 Å². The van der Waals surface area contributed by atoms with Gasteiger partial charge in [0, 0.05) is 9.75 Å². The van der Waals surface area contributed by atoms with Crippen molar-refractivity contribution in [1.29, 1.82) is 0 Å². The molecule has 0 amide bonds. The molecule has 2 aromatic rings. The highest BCUT2D eigenvalue weighted by atomic mass is 32.1. The second kappa shape index (κ2) is 4.36. The molecule has 4 rings (SSSR count). The normalized spacial score (nSPS) is 22.7. The van der Waals surface area contributed by atoms with Crippen molar-refractivity contribution in [1.82, 2.24) is 0 Å². The maximum absolute atomic E-state index is 2.35. The fourth-order valence-electron chi connectivity index (χ4n) is 3.35. The van der Waals surface area contributed by atoms with Gasteiger partial charge in [0.1, 0.15) is 0 Å². The molecule has 0 N–H and O–H groups in total. The molecule has 92 valence electrons. The van der Waals surface area contributed by atoms with Crippen molar-refractivity contribution >= 4 is 33.8 Å². The van der Waals surface area contributed by atoms with E-state index in [2.05, 4.69) is 22.9 Å². The van der Waals surface area contributed by atoms with Gasteiger partial charge in [-0.1, -0.05) is 0 Å². The van der Waals surface area contributed by atoms with Crippen molar-refractivity contribution in [2.75, 3.05) is 0 Å². The van der Waals surface area contributed by atoms with E-state index >= 15 is 0 Å². The van der Waals surface area contributed by atoms with E-state index in [1.807, 2.05) is 22.7 Å². The van der Waals surface area contributed by atoms with Crippen LogP contribution in [0.3, 0.4) is 0 Å². The third kappa shape index (κ3) is 1.63. The van der Waals surface area contributed by atoms with Crippen LogP contribution in [0.1, 0.15) is 46.6 Å². The molecular weight excluding hydrogens is 256 g/mol. The molecule has 2 heterocycles. The summed E-state index contributed by atoms with van der Waals surface area (Å²) in [6, 6.07) is 4.70. The summed E-state index contributed by atoms with van der Waals surface area (Å²) >= 11 is 3.89. The monoisotopic (exact) mass is 272 g/mol. The van der Waals surface area contributed by atoms with Crippen LogP contribution in [0.4, 0.5) is 0 Å². The number of allylic oxidation sites excluding steroid dienone is 2. The Hall–Kier alpha value is -0.860. The predicted molar refractivity (Wildman–Crippen MR) is 81.3 cm³/mol. The van der Waals surface area contributed by atoms with Gasteiger partial charge >= 0.3 is 0 Å². The van der Waals surface area contributed by atoms with Crippen molar-refractivity contribution in [3.63, 3.8) is 0 Å². The van der Waals surface area contributed by atoms with E-state index in [9.17, 15) is 0 Å². The van der Waals surface area contributed by atoms with Crippen LogP contribution in [0.15, 0.2) is 22.9 Å². The van der Waals surface area contributed by atoms with E-state index in [1.165, 1.54) is 38.5 Å². The average molecular weight is 272 g/mol. The number of aryl methyl sites for hydroxylation is 2. The highest BCUT2D eigenvalue weighted by Gasteiger charge is 2.23. The molecule has 2 aromatic heterocycles. The summed E-state index contributed by atoms with van der Waals surface area (Å²) in [5.41, 5.74) is 6.47. The van der Waals surface area contributed by atoms with Crippen molar-refractivity contribution in [3.05, 3.63) is 43.8 Å². The highest BCUT2D eigenvalue weighted by molar-refractivity contribution is 7.10. The van der Waals surface area contributed by atoms with Gasteiger partial charge in [0.2, 0.25) is 0 Å². The standard InChI is InChI=1S/C16H16S2/c1-3-11(13-7-9-17-15(13)5-1)12-4-2-6-16-14(12)8-10-18-16/h7-10H,1-6H2. The SMILES string of the molecule is c1cc2c(s1)CCCC2=C1CCCc2sccc21. The Morgan fingerprint density at radius 3 is 1.67 bits per heavy atom. The largest absolute Gasteiger partial charge is 0.148 e. The molecule has 0 aromatic carbocycles. The van der Waals surface area contributed by atoms with E-state index in [-0.39, 0.29) is 0 Å². The van der Waals surface area contributed by atoms with Crippen molar-refractivity contribution in [2.24, 2.45) is 0 Å². The van der Waals surface area contributed by atoms with Crippen LogP contribution in [0.2, 0.25) is 0 Å². The summed E-state index contributed by atoms with van der Waals surface area (Å²) in [6.45, 7) is 0. The molecule has 0 unspecified atom stereocenters. The molecule has 0 spiro atoms. The summed E-state index contributed by atoms with van der Waals surface area (Å²) in [4.78, 5) is 3.23. The van der Waals surface area contributed by atoms with Gasteiger partial charge in [-0.25, -0.2) is 0 Å². The maximum Gasteiger partial charge on any atom is 0.0121 e. The summed E-state index contributed by atoms with van der Waals surface area (Å²) in [7, 11) is 0. The van der Waals surface area contributed by atoms with Gasteiger partial charge in [-0.15, -0.1) is 22.7 Å². The quantitative estimate of drug-likeness (QED) is 0.603. The fraction of sp³-hybridized carbons (Fsp3) is 0.375. The Kier molecular flexibility index (Phi) is 2.66. The predicted octanol–water partition coefficient (Wildman–Crippen LogP) is 5.39. The first-order valence-electron chi connectivity index (χ1n) is 6.79. The smallest absolute Gasteiger partial charge is 0.0121 e. The number of fused-ring (bicyclic) bond motifs is 2. The van der Waals surface area contributed by atoms with Crippen molar-refractivity contribution < 1.29 is 0 Å². The minimum Gasteiger partial charge on any atom is -0.148 e. The second-order valence-corrected chi connectivity index (χ2v) is 7.18. The molecule has 0 saturated carbocycles. The fourth-order valence-corrected chi connectivity index (χ4v) is 5.25. The van der Waals surface area contributed by atoms with Crippen molar-refractivity contribution in [2.45, 2.75) is 38.5 Å². The van der Waals surface area contributed by atoms with Gasteiger partial charge in [-0.05, 0) is 83.7 Å². The number of hydrogen-bond acceptors (Lipinski definition) is 2. The molecule has 0 nitrogen and oxygen atoms in total. The molecule has 2 heteroatoms. The summed E-state index contributed by atoms with van der Waals surface area (Å²) in [5, 5.41) is 4.54. The molecule has 0 fully saturated rings. The van der Waals surface area contributed by atoms with E-state index in [1.54, 1.807) is 32.0 Å². The summed E-state index contributed by atoms with van der Waals surface area (Å²) < 4.78 is 0. The molecule has 0 radical (unpaired) electrons. The Morgan fingerprint density at radius 2 is 1.17 bits per heavy atom. The summed E-state index contributed by atoms with van der Waals surface area (Å²) in [5.74, 6) is 0. The van der Waals surface area contributed by atoms with Crippen LogP contribution in [0.5, 0.6) is 0 Å². The van der Waals surface area contributed by atoms with E-state index < -0.39 is 0 Å². The Bertz CT molecular complexity index is 558. The third-order valence-corrected chi connectivity index (χ3v) is 6.13. The number of rotatable bonds is 0. The van der Waals surface area contributed by atoms with Gasteiger partial charge in [0.05, 0.1) is 0 Å². The Morgan fingerprint density at radius 1 is 0.667 bits per heavy atom. The molecule has 0 saturated heterocycles. The molecule has 0 aliphatic heterocycles. The van der Waals surface area contributed by atoms with E-state index in [0.717, 1.165) is 0 Å². The van der Waals surface area contributed by atoms with Gasteiger partial charge in [0.25, 0.3) is 0 Å². The van der Waals surface area contributed by atoms with Gasteiger partial charge < -0.3 is 0 Å². The second-order valence-electron chi connectivity index (χ2n) is 5.18. The topological polar surface area (TPSA) is 0 Å². The zero-order chi connectivity index (χ0) is 11.9. The van der Waals surface area contributed by atoms with Crippen LogP contribution in [0.25, 0.3) is 11.1 Å². The lowest BCUT2D eigenvalue weighted by Gasteiger charge is -2.23. The maximum atomic E-state index is 2.35. The molecule has 0 bridgehead atoms. The highest BCUT2D eigenvalue weighted by Crippen LogP contribution is 2.44. The van der Waals surface area contributed by atoms with E-state index in [4.69, 9.17) is 0 Å². The zero-order valence-corrected chi connectivity index (χ0v) is 12.0. The number of thiophene rings is 2. The zero-order valence-electron chi connectivity index (χ0n) is 10.4. The third-order valence-electron chi connectivity index (χ3n) is 4.17. The summed E-state index contributed by atoms with van der Waals surface area (Å²) in [6.07, 6.45) is 7.83. The first kappa shape index (κ1) is 11.0. The molecule has 18 heavy (non-hydrogen) atoms. The average Bonchev–Trinajstić information content (AvgIpc) is 3.06. The molecule has 2 aliphatic rings. The minimum atomic E-state index is 1.29. The van der Waals surface area contributed by atoms with Crippen molar-refractivity contribution in [3.8, 4) is 0 Å². The van der Waals surface area contributed by atoms with Gasteiger partial charge in [-0.3, -0.25) is 0 Å². The van der Waals surface area contributed by atoms with Gasteiger partial charge in [0.15, 0.2) is 0 Å².